The summed E-state index contributed by atoms with van der Waals surface area (Å²) in [5, 5.41) is 3.63. The normalized spacial score (nSPS) is 15.2. The Kier molecular flexibility index (Phi) is 7.02. The number of nitrogens with one attached hydrogen (secondary N) is 2. The van der Waals surface area contributed by atoms with Crippen molar-refractivity contribution in [3.8, 4) is 28.0 Å². The summed E-state index contributed by atoms with van der Waals surface area (Å²) in [6, 6.07) is 15.6. The number of anilines is 1. The fraction of sp³-hybridized carbons (Fsp3) is 0.276. The number of likely N-dealkylation sites (tertiary alicyclic amines) is 1. The quantitative estimate of drug-likeness (QED) is 0.382. The third kappa shape index (κ3) is 4.80. The first-order valence-corrected chi connectivity index (χ1v) is 12.4. The maximum Gasteiger partial charge on any atom is 0.411 e. The van der Waals surface area contributed by atoms with Gasteiger partial charge in [0, 0.05) is 53.6 Å². The van der Waals surface area contributed by atoms with Crippen molar-refractivity contribution in [3.63, 3.8) is 0 Å². The van der Waals surface area contributed by atoms with Crippen LogP contribution >= 0.6 is 0 Å². The van der Waals surface area contributed by atoms with E-state index in [9.17, 15) is 9.59 Å². The predicted molar refractivity (Wildman–Crippen MR) is 148 cm³/mol. The predicted octanol–water partition coefficient (Wildman–Crippen LogP) is 4.86. The number of rotatable bonds is 6. The topological polar surface area (TPSA) is 99.8 Å². The molecule has 1 atom stereocenters. The molecule has 2 amide bonds. The number of carbonyl (C=O) groups excluding carboxylic acids is 2. The van der Waals surface area contributed by atoms with Crippen LogP contribution in [0, 0.1) is 0 Å². The average Bonchev–Trinajstić information content (AvgIpc) is 3.60. The standard InChI is InChI=1S/C29H31N5O4/c1-33(2)20-11-12-34(17-20)28(35)23-13-18(9-10-25(23)32-29(36)38-4)19-14-22-24(16-31-27(22)30-15-19)21-7-5-6-8-26(21)37-3/h5-10,13-16,20H,11-12,17H2,1-4H3,(H,30,31)(H,32,36)/t20-/m0/s1. The molecule has 196 valence electrons. The van der Waals surface area contributed by atoms with Crippen LogP contribution in [0.1, 0.15) is 16.8 Å². The van der Waals surface area contributed by atoms with E-state index in [4.69, 9.17) is 9.47 Å². The van der Waals surface area contributed by atoms with Crippen molar-refractivity contribution in [2.75, 3.05) is 46.7 Å². The minimum absolute atomic E-state index is 0.131. The Bertz CT molecular complexity index is 1500. The fourth-order valence-electron chi connectivity index (χ4n) is 4.94. The molecule has 0 aliphatic carbocycles. The molecule has 0 unspecified atom stereocenters. The molecule has 0 bridgehead atoms. The van der Waals surface area contributed by atoms with Crippen molar-refractivity contribution in [1.82, 2.24) is 19.8 Å². The summed E-state index contributed by atoms with van der Waals surface area (Å²) in [4.78, 5) is 37.5. The van der Waals surface area contributed by atoms with Crippen LogP contribution in [0.2, 0.25) is 0 Å². The lowest BCUT2D eigenvalue weighted by Crippen LogP contribution is -2.35. The summed E-state index contributed by atoms with van der Waals surface area (Å²) in [6.07, 6.45) is 3.97. The zero-order chi connectivity index (χ0) is 26.8. The van der Waals surface area contributed by atoms with Gasteiger partial charge in [-0.3, -0.25) is 10.1 Å². The van der Waals surface area contributed by atoms with E-state index in [0.29, 0.717) is 30.4 Å². The van der Waals surface area contributed by atoms with E-state index in [1.165, 1.54) is 7.11 Å². The van der Waals surface area contributed by atoms with Gasteiger partial charge in [-0.05, 0) is 50.3 Å². The number of ether oxygens (including phenoxy) is 2. The highest BCUT2D eigenvalue weighted by atomic mass is 16.5. The number of pyridine rings is 1. The molecule has 3 heterocycles. The van der Waals surface area contributed by atoms with Gasteiger partial charge in [0.25, 0.3) is 5.91 Å². The van der Waals surface area contributed by atoms with Gasteiger partial charge in [0.15, 0.2) is 0 Å². The molecule has 1 aliphatic rings. The molecule has 1 aliphatic heterocycles. The van der Waals surface area contributed by atoms with Gasteiger partial charge >= 0.3 is 6.09 Å². The fourth-order valence-corrected chi connectivity index (χ4v) is 4.94. The van der Waals surface area contributed by atoms with Gasteiger partial charge in [-0.2, -0.15) is 0 Å². The minimum Gasteiger partial charge on any atom is -0.496 e. The minimum atomic E-state index is -0.628. The van der Waals surface area contributed by atoms with E-state index in [1.807, 2.05) is 61.6 Å². The summed E-state index contributed by atoms with van der Waals surface area (Å²) in [5.41, 5.74) is 5.16. The van der Waals surface area contributed by atoms with Gasteiger partial charge in [0.2, 0.25) is 0 Å². The number of aromatic amines is 1. The molecule has 0 saturated carbocycles. The molecule has 38 heavy (non-hydrogen) atoms. The van der Waals surface area contributed by atoms with Gasteiger partial charge < -0.3 is 24.3 Å². The van der Waals surface area contributed by atoms with Crippen LogP contribution in [-0.4, -0.2) is 79.2 Å². The maximum absolute atomic E-state index is 13.7. The zero-order valence-electron chi connectivity index (χ0n) is 21.9. The number of fused-ring (bicyclic) bond motifs is 1. The van der Waals surface area contributed by atoms with Crippen LogP contribution in [0.5, 0.6) is 5.75 Å². The molecule has 4 aromatic rings. The number of nitrogens with zero attached hydrogens (tertiary/aromatic N) is 3. The monoisotopic (exact) mass is 513 g/mol. The highest BCUT2D eigenvalue weighted by molar-refractivity contribution is 6.04. The van der Waals surface area contributed by atoms with Crippen LogP contribution in [0.4, 0.5) is 10.5 Å². The van der Waals surface area contributed by atoms with Gasteiger partial charge in [-0.15, -0.1) is 0 Å². The Morgan fingerprint density at radius 2 is 1.89 bits per heavy atom. The molecular formula is C29H31N5O4. The number of methoxy groups -OCH3 is 2. The molecule has 2 N–H and O–H groups in total. The molecule has 9 heteroatoms. The number of hydrogen-bond donors (Lipinski definition) is 2. The molecule has 1 saturated heterocycles. The molecular weight excluding hydrogens is 482 g/mol. The first-order valence-electron chi connectivity index (χ1n) is 12.4. The second kappa shape index (κ2) is 10.5. The van der Waals surface area contributed by atoms with E-state index >= 15 is 0 Å². The Hall–Kier alpha value is -4.37. The van der Waals surface area contributed by atoms with Gasteiger partial charge in [-0.25, -0.2) is 9.78 Å². The summed E-state index contributed by atoms with van der Waals surface area (Å²) in [5.74, 6) is 0.638. The Morgan fingerprint density at radius 3 is 2.63 bits per heavy atom. The Balaban J connectivity index is 1.55. The third-order valence-electron chi connectivity index (χ3n) is 7.11. The molecule has 2 aromatic heterocycles. The maximum atomic E-state index is 13.7. The number of benzene rings is 2. The van der Waals surface area contributed by atoms with Gasteiger partial charge in [0.1, 0.15) is 11.4 Å². The summed E-state index contributed by atoms with van der Waals surface area (Å²) in [6.45, 7) is 1.29. The smallest absolute Gasteiger partial charge is 0.411 e. The second-order valence-electron chi connectivity index (χ2n) is 9.56. The number of carbonyl (C=O) groups is 2. The number of para-hydroxylation sites is 1. The summed E-state index contributed by atoms with van der Waals surface area (Å²) >= 11 is 0. The van der Waals surface area contributed by atoms with E-state index in [-0.39, 0.29) is 5.91 Å². The van der Waals surface area contributed by atoms with Crippen molar-refractivity contribution in [3.05, 3.63) is 66.5 Å². The number of hydrogen-bond acceptors (Lipinski definition) is 6. The number of likely N-dealkylation sites (N-methyl/N-ethyl adjacent to an activating group) is 1. The highest BCUT2D eigenvalue weighted by Gasteiger charge is 2.30. The molecule has 9 nitrogen and oxygen atoms in total. The van der Waals surface area contributed by atoms with Crippen molar-refractivity contribution in [1.29, 1.82) is 0 Å². The first-order chi connectivity index (χ1) is 18.4. The van der Waals surface area contributed by atoms with E-state index in [0.717, 1.165) is 45.5 Å². The molecule has 0 radical (unpaired) electrons. The van der Waals surface area contributed by atoms with Crippen molar-refractivity contribution >= 4 is 28.7 Å². The summed E-state index contributed by atoms with van der Waals surface area (Å²) < 4.78 is 10.4. The van der Waals surface area contributed by atoms with Crippen molar-refractivity contribution in [2.45, 2.75) is 12.5 Å². The third-order valence-corrected chi connectivity index (χ3v) is 7.11. The average molecular weight is 514 g/mol. The van der Waals surface area contributed by atoms with E-state index < -0.39 is 6.09 Å². The second-order valence-corrected chi connectivity index (χ2v) is 9.56. The van der Waals surface area contributed by atoms with Crippen LogP contribution < -0.4 is 10.1 Å². The zero-order valence-corrected chi connectivity index (χ0v) is 21.9. The highest BCUT2D eigenvalue weighted by Crippen LogP contribution is 2.36. The number of amides is 2. The molecule has 2 aromatic carbocycles. The Morgan fingerprint density at radius 1 is 1.08 bits per heavy atom. The lowest BCUT2D eigenvalue weighted by atomic mass is 9.99. The SMILES string of the molecule is COC(=O)Nc1ccc(-c2cnc3[nH]cc(-c4ccccc4OC)c3c2)cc1C(=O)N1CC[C@H](N(C)C)C1. The van der Waals surface area contributed by atoms with Gasteiger partial charge in [0.05, 0.1) is 25.5 Å². The van der Waals surface area contributed by atoms with Crippen LogP contribution in [0.25, 0.3) is 33.3 Å². The van der Waals surface area contributed by atoms with E-state index in [2.05, 4.69) is 26.3 Å². The lowest BCUT2D eigenvalue weighted by molar-refractivity contribution is 0.0784. The number of aromatic nitrogens is 2. The molecule has 5 rings (SSSR count). The molecule has 0 spiro atoms. The van der Waals surface area contributed by atoms with E-state index in [1.54, 1.807) is 19.4 Å². The lowest BCUT2D eigenvalue weighted by Gasteiger charge is -2.22. The summed E-state index contributed by atoms with van der Waals surface area (Å²) in [7, 11) is 6.99. The van der Waals surface area contributed by atoms with Crippen LogP contribution in [0.3, 0.4) is 0 Å². The number of H-pyrrole nitrogens is 1. The van der Waals surface area contributed by atoms with Crippen molar-refractivity contribution < 1.29 is 19.1 Å². The Labute approximate surface area is 221 Å². The molecule has 1 fully saturated rings. The van der Waals surface area contributed by atoms with Crippen LogP contribution in [0.15, 0.2) is 60.9 Å². The van der Waals surface area contributed by atoms with Crippen LogP contribution in [-0.2, 0) is 4.74 Å². The van der Waals surface area contributed by atoms with Gasteiger partial charge in [-0.1, -0.05) is 24.3 Å². The first kappa shape index (κ1) is 25.3. The van der Waals surface area contributed by atoms with Crippen molar-refractivity contribution in [2.24, 2.45) is 0 Å². The largest absolute Gasteiger partial charge is 0.496 e.